The summed E-state index contributed by atoms with van der Waals surface area (Å²) in [7, 11) is 1.59. The molecule has 2 aromatic rings. The highest BCUT2D eigenvalue weighted by atomic mass is 32.2. The van der Waals surface area contributed by atoms with Gasteiger partial charge in [0, 0.05) is 12.9 Å². The molecule has 2 heterocycles. The number of likely N-dealkylation sites (tertiary alicyclic amines) is 1. The number of hydrogen-bond acceptors (Lipinski definition) is 5. The maximum absolute atomic E-state index is 13.6. The minimum Gasteiger partial charge on any atom is -0.384 e. The molecule has 1 saturated heterocycles. The number of hydrogen-bond donors (Lipinski definition) is 0. The van der Waals surface area contributed by atoms with E-state index in [1.807, 2.05) is 0 Å². The number of aromatic nitrogens is 3. The van der Waals surface area contributed by atoms with Gasteiger partial charge in [0.1, 0.15) is 0 Å². The van der Waals surface area contributed by atoms with Gasteiger partial charge in [-0.1, -0.05) is 30.3 Å². The molecular weight excluding hydrogens is 377 g/mol. The third kappa shape index (κ3) is 5.03. The van der Waals surface area contributed by atoms with Crippen molar-refractivity contribution in [2.75, 3.05) is 32.6 Å². The molecule has 0 spiro atoms. The lowest BCUT2D eigenvalue weighted by molar-refractivity contribution is -0.137. The zero-order chi connectivity index (χ0) is 19.3. The summed E-state index contributed by atoms with van der Waals surface area (Å²) in [6, 6.07) is 5.59. The van der Waals surface area contributed by atoms with Crippen LogP contribution in [0.5, 0.6) is 0 Å². The highest BCUT2D eigenvalue weighted by Gasteiger charge is 2.35. The van der Waals surface area contributed by atoms with Crippen LogP contribution in [0.4, 0.5) is 13.2 Å². The lowest BCUT2D eigenvalue weighted by Gasteiger charge is -2.26. The predicted octanol–water partition coefficient (Wildman–Crippen LogP) is 4.01. The average Bonchev–Trinajstić information content (AvgIpc) is 3.04. The molecule has 9 heteroatoms. The van der Waals surface area contributed by atoms with Crippen LogP contribution in [-0.4, -0.2) is 52.2 Å². The van der Waals surface area contributed by atoms with Crippen molar-refractivity contribution in [1.82, 2.24) is 19.7 Å². The quantitative estimate of drug-likeness (QED) is 0.519. The van der Waals surface area contributed by atoms with Crippen molar-refractivity contribution in [2.45, 2.75) is 37.1 Å². The van der Waals surface area contributed by atoms with Gasteiger partial charge in [-0.3, -0.25) is 9.47 Å². The van der Waals surface area contributed by atoms with Crippen LogP contribution < -0.4 is 0 Å². The van der Waals surface area contributed by atoms with Gasteiger partial charge in [0.25, 0.3) is 0 Å². The first-order valence-corrected chi connectivity index (χ1v) is 9.94. The molecule has 1 aliphatic heterocycles. The van der Waals surface area contributed by atoms with Crippen LogP contribution in [0.15, 0.2) is 29.4 Å². The molecular formula is C18H23F3N4OS. The molecule has 0 amide bonds. The van der Waals surface area contributed by atoms with Crippen molar-refractivity contribution in [1.29, 1.82) is 0 Å². The number of piperidine rings is 1. The molecule has 0 N–H and O–H groups in total. The number of para-hydroxylation sites is 1. The molecule has 0 aliphatic carbocycles. The molecule has 5 nitrogen and oxygen atoms in total. The van der Waals surface area contributed by atoms with E-state index < -0.39 is 11.7 Å². The van der Waals surface area contributed by atoms with Crippen molar-refractivity contribution in [2.24, 2.45) is 0 Å². The van der Waals surface area contributed by atoms with Gasteiger partial charge < -0.3 is 4.74 Å². The van der Waals surface area contributed by atoms with Gasteiger partial charge in [-0.2, -0.15) is 13.2 Å². The standard InChI is InChI=1S/C18H23F3N4OS/c1-26-11-12-27-17-23-22-16(13-24-9-5-2-6-10-24)25(17)15-8-4-3-7-14(15)18(19,20)21/h3-4,7-8H,2,5-6,9-13H2,1H3. The van der Waals surface area contributed by atoms with Crippen molar-refractivity contribution >= 4 is 11.8 Å². The molecule has 148 valence electrons. The van der Waals surface area contributed by atoms with Gasteiger partial charge in [-0.15, -0.1) is 10.2 Å². The molecule has 1 aromatic heterocycles. The molecule has 0 radical (unpaired) electrons. The van der Waals surface area contributed by atoms with E-state index >= 15 is 0 Å². The number of ether oxygens (including phenoxy) is 1. The minimum absolute atomic E-state index is 0.0712. The topological polar surface area (TPSA) is 43.2 Å². The summed E-state index contributed by atoms with van der Waals surface area (Å²) >= 11 is 1.35. The molecule has 0 bridgehead atoms. The summed E-state index contributed by atoms with van der Waals surface area (Å²) in [6.45, 7) is 2.84. The summed E-state index contributed by atoms with van der Waals surface area (Å²) in [4.78, 5) is 2.23. The third-order valence-electron chi connectivity index (χ3n) is 4.48. The fourth-order valence-corrected chi connectivity index (χ4v) is 4.04. The minimum atomic E-state index is -4.45. The molecule has 1 aliphatic rings. The molecule has 1 fully saturated rings. The average molecular weight is 400 g/mol. The van der Waals surface area contributed by atoms with Crippen LogP contribution in [0.3, 0.4) is 0 Å². The molecule has 0 saturated carbocycles. The first kappa shape index (κ1) is 20.2. The lowest BCUT2D eigenvalue weighted by Crippen LogP contribution is -2.30. The Morgan fingerprint density at radius 3 is 2.56 bits per heavy atom. The summed E-state index contributed by atoms with van der Waals surface area (Å²) < 4.78 is 47.3. The van der Waals surface area contributed by atoms with Gasteiger partial charge in [0.05, 0.1) is 24.4 Å². The molecule has 3 rings (SSSR count). The predicted molar refractivity (Wildman–Crippen MR) is 98.1 cm³/mol. The van der Waals surface area contributed by atoms with Crippen LogP contribution in [0.2, 0.25) is 0 Å². The van der Waals surface area contributed by atoms with E-state index in [1.54, 1.807) is 17.7 Å². The molecule has 1 aromatic carbocycles. The Morgan fingerprint density at radius 1 is 1.11 bits per heavy atom. The Morgan fingerprint density at radius 2 is 1.85 bits per heavy atom. The van der Waals surface area contributed by atoms with E-state index in [1.165, 1.54) is 30.3 Å². The van der Waals surface area contributed by atoms with E-state index in [0.29, 0.717) is 29.9 Å². The highest BCUT2D eigenvalue weighted by Crippen LogP contribution is 2.35. The van der Waals surface area contributed by atoms with Gasteiger partial charge in [-0.05, 0) is 38.1 Å². The molecule has 0 atom stereocenters. The Labute approximate surface area is 160 Å². The lowest BCUT2D eigenvalue weighted by atomic mass is 10.1. The van der Waals surface area contributed by atoms with Crippen LogP contribution in [0, 0.1) is 0 Å². The van der Waals surface area contributed by atoms with Crippen LogP contribution in [0.1, 0.15) is 30.7 Å². The summed E-state index contributed by atoms with van der Waals surface area (Å²) in [5.41, 5.74) is -0.611. The number of rotatable bonds is 7. The fourth-order valence-electron chi connectivity index (χ4n) is 3.18. The van der Waals surface area contributed by atoms with E-state index in [9.17, 15) is 13.2 Å². The summed E-state index contributed by atoms with van der Waals surface area (Å²) in [5.74, 6) is 1.13. The van der Waals surface area contributed by atoms with Crippen LogP contribution in [0.25, 0.3) is 5.69 Å². The zero-order valence-corrected chi connectivity index (χ0v) is 16.0. The summed E-state index contributed by atoms with van der Waals surface area (Å²) in [6.07, 6.45) is -1.05. The van der Waals surface area contributed by atoms with Crippen LogP contribution in [-0.2, 0) is 17.5 Å². The van der Waals surface area contributed by atoms with Gasteiger partial charge in [-0.25, -0.2) is 0 Å². The number of halogens is 3. The van der Waals surface area contributed by atoms with Crippen LogP contribution >= 0.6 is 11.8 Å². The van der Waals surface area contributed by atoms with E-state index in [0.717, 1.165) is 32.0 Å². The second-order valence-electron chi connectivity index (χ2n) is 6.43. The van der Waals surface area contributed by atoms with Gasteiger partial charge >= 0.3 is 6.18 Å². The smallest absolute Gasteiger partial charge is 0.384 e. The zero-order valence-electron chi connectivity index (χ0n) is 15.2. The Balaban J connectivity index is 1.99. The number of alkyl halides is 3. The first-order valence-electron chi connectivity index (χ1n) is 8.95. The fraction of sp³-hybridized carbons (Fsp3) is 0.556. The second-order valence-corrected chi connectivity index (χ2v) is 7.49. The Bertz CT molecular complexity index is 744. The third-order valence-corrected chi connectivity index (χ3v) is 5.38. The number of benzene rings is 1. The molecule has 27 heavy (non-hydrogen) atoms. The monoisotopic (exact) mass is 400 g/mol. The van der Waals surface area contributed by atoms with E-state index in [-0.39, 0.29) is 5.69 Å². The first-order chi connectivity index (χ1) is 13.0. The highest BCUT2D eigenvalue weighted by molar-refractivity contribution is 7.99. The number of methoxy groups -OCH3 is 1. The van der Waals surface area contributed by atoms with Crippen molar-refractivity contribution in [3.63, 3.8) is 0 Å². The van der Waals surface area contributed by atoms with Crippen molar-refractivity contribution in [3.05, 3.63) is 35.7 Å². The maximum atomic E-state index is 13.6. The van der Waals surface area contributed by atoms with Crippen molar-refractivity contribution in [3.8, 4) is 5.69 Å². The van der Waals surface area contributed by atoms with Gasteiger partial charge in [0.15, 0.2) is 11.0 Å². The summed E-state index contributed by atoms with van der Waals surface area (Å²) in [5, 5.41) is 8.86. The largest absolute Gasteiger partial charge is 0.418 e. The van der Waals surface area contributed by atoms with Crippen molar-refractivity contribution < 1.29 is 17.9 Å². The number of thioether (sulfide) groups is 1. The number of nitrogens with zero attached hydrogens (tertiary/aromatic N) is 4. The normalized spacial score (nSPS) is 16.0. The maximum Gasteiger partial charge on any atom is 0.418 e. The van der Waals surface area contributed by atoms with E-state index in [2.05, 4.69) is 15.1 Å². The Hall–Kier alpha value is -1.58. The second kappa shape index (κ2) is 9.07. The molecule has 0 unspecified atom stereocenters. The van der Waals surface area contributed by atoms with E-state index in [4.69, 9.17) is 4.74 Å². The Kier molecular flexibility index (Phi) is 6.78. The SMILES string of the molecule is COCCSc1nnc(CN2CCCCC2)n1-c1ccccc1C(F)(F)F. The van der Waals surface area contributed by atoms with Gasteiger partial charge in [0.2, 0.25) is 0 Å².